The van der Waals surface area contributed by atoms with E-state index >= 15 is 0 Å². The average molecular weight is 472 g/mol. The van der Waals surface area contributed by atoms with Crippen LogP contribution in [0.3, 0.4) is 0 Å². The molecule has 0 aliphatic carbocycles. The molecule has 5 aromatic carbocycles. The number of benzene rings is 5. The van der Waals surface area contributed by atoms with E-state index in [1.54, 1.807) is 0 Å². The summed E-state index contributed by atoms with van der Waals surface area (Å²) in [6.45, 7) is 5.13. The van der Waals surface area contributed by atoms with Crippen LogP contribution in [0.2, 0.25) is 12.6 Å². The molecule has 2 aliphatic heterocycles. The fraction of sp³-hybridized carbons (Fsp3) is 0.333. The van der Waals surface area contributed by atoms with Crippen molar-refractivity contribution >= 4 is 79.8 Å². The molecule has 0 amide bonds. The van der Waals surface area contributed by atoms with Gasteiger partial charge in [-0.25, -0.2) is 0 Å². The molecule has 2 aliphatic rings. The molecular weight excluding hydrogens is 438 g/mol. The zero-order chi connectivity index (χ0) is 24.2. The Balaban J connectivity index is 1.38. The lowest BCUT2D eigenvalue weighted by atomic mass is 9.67. The molecule has 0 fully saturated rings. The van der Waals surface area contributed by atoms with Crippen molar-refractivity contribution in [1.82, 2.24) is 0 Å². The van der Waals surface area contributed by atoms with Crippen LogP contribution in [-0.2, 0) is 0 Å². The second-order valence-electron chi connectivity index (χ2n) is 10.8. The van der Waals surface area contributed by atoms with Gasteiger partial charge in [0, 0.05) is 44.3 Å². The fourth-order valence-corrected chi connectivity index (χ4v) is 6.68. The van der Waals surface area contributed by atoms with Crippen LogP contribution in [0.25, 0.3) is 43.1 Å². The Bertz CT molecular complexity index is 1380. The maximum atomic E-state index is 3.80. The van der Waals surface area contributed by atoms with Crippen LogP contribution in [0.15, 0.2) is 48.5 Å². The SMILES string of the molecule is CCCCCB1Nc2ccc3c4ccc5c6c(ccc(c7ccc(c2c37)N1)c64)NB(CCCCC)N5. The number of nitrogens with one attached hydrogen (secondary N) is 4. The van der Waals surface area contributed by atoms with Gasteiger partial charge in [0.1, 0.15) is 0 Å². The highest BCUT2D eigenvalue weighted by Gasteiger charge is 2.28. The average Bonchev–Trinajstić information content (AvgIpc) is 2.90. The standard InChI is InChI=1S/C30H34B2N4/c1-3-5-7-17-31-33-23-13-9-19-21-11-15-25-30-26(36-32(35-25)18-8-6-4-2)16-12-22(28(21)30)20-10-14-24(34-31)29(23)27(19)20/h9-16,33-36H,3-8,17-18H2,1-2H3. The Labute approximate surface area is 214 Å². The van der Waals surface area contributed by atoms with Gasteiger partial charge in [-0.2, -0.15) is 0 Å². The van der Waals surface area contributed by atoms with Gasteiger partial charge in [-0.15, -0.1) is 0 Å². The van der Waals surface area contributed by atoms with Crippen LogP contribution in [-0.4, -0.2) is 14.0 Å². The Morgan fingerprint density at radius 2 is 0.778 bits per heavy atom. The van der Waals surface area contributed by atoms with E-state index in [1.807, 2.05) is 0 Å². The fourth-order valence-electron chi connectivity index (χ4n) is 6.68. The van der Waals surface area contributed by atoms with Gasteiger partial charge in [-0.1, -0.05) is 76.6 Å². The van der Waals surface area contributed by atoms with E-state index in [9.17, 15) is 0 Å². The third kappa shape index (κ3) is 3.30. The van der Waals surface area contributed by atoms with Gasteiger partial charge >= 0.3 is 14.0 Å². The molecule has 4 N–H and O–H groups in total. The first kappa shape index (κ1) is 22.0. The molecule has 0 spiro atoms. The summed E-state index contributed by atoms with van der Waals surface area (Å²) in [6.07, 6.45) is 9.86. The van der Waals surface area contributed by atoms with Crippen molar-refractivity contribution in [1.29, 1.82) is 0 Å². The molecule has 6 heteroatoms. The number of fused-ring (bicyclic) bond motifs is 2. The third-order valence-electron chi connectivity index (χ3n) is 8.41. The lowest BCUT2D eigenvalue weighted by Gasteiger charge is -2.30. The number of unbranched alkanes of at least 4 members (excludes halogenated alkanes) is 4. The first-order valence-corrected chi connectivity index (χ1v) is 14.0. The summed E-state index contributed by atoms with van der Waals surface area (Å²) in [7, 11) is 0. The summed E-state index contributed by atoms with van der Waals surface area (Å²) in [4.78, 5) is 0. The second kappa shape index (κ2) is 8.69. The van der Waals surface area contributed by atoms with Crippen LogP contribution in [0.1, 0.15) is 52.4 Å². The summed E-state index contributed by atoms with van der Waals surface area (Å²) >= 11 is 0. The van der Waals surface area contributed by atoms with Gasteiger partial charge in [0.05, 0.1) is 0 Å². The van der Waals surface area contributed by atoms with Crippen molar-refractivity contribution in [2.45, 2.75) is 65.0 Å². The lowest BCUT2D eigenvalue weighted by molar-refractivity contribution is 0.766. The van der Waals surface area contributed by atoms with Gasteiger partial charge in [0.2, 0.25) is 0 Å². The Hall–Kier alpha value is -3.27. The maximum Gasteiger partial charge on any atom is 0.370 e. The molecule has 0 unspecified atom stereocenters. The smallest absolute Gasteiger partial charge is 0.370 e. The highest BCUT2D eigenvalue weighted by atomic mass is 15.0. The summed E-state index contributed by atoms with van der Waals surface area (Å²) in [5.74, 6) is 0. The molecule has 0 bridgehead atoms. The zero-order valence-electron chi connectivity index (χ0n) is 21.4. The first-order valence-electron chi connectivity index (χ1n) is 14.0. The minimum absolute atomic E-state index is 0.299. The largest absolute Gasteiger partial charge is 0.409 e. The van der Waals surface area contributed by atoms with Crippen LogP contribution in [0.5, 0.6) is 0 Å². The minimum atomic E-state index is 0.299. The van der Waals surface area contributed by atoms with E-state index < -0.39 is 0 Å². The number of hydrogen-bond acceptors (Lipinski definition) is 4. The molecule has 36 heavy (non-hydrogen) atoms. The van der Waals surface area contributed by atoms with Crippen LogP contribution < -0.4 is 20.9 Å². The van der Waals surface area contributed by atoms with E-state index in [1.165, 1.54) is 104 Å². The predicted molar refractivity (Wildman–Crippen MR) is 162 cm³/mol. The van der Waals surface area contributed by atoms with Gasteiger partial charge in [-0.05, 0) is 58.5 Å². The van der Waals surface area contributed by atoms with E-state index in [2.05, 4.69) is 83.3 Å². The van der Waals surface area contributed by atoms with Crippen molar-refractivity contribution in [2.24, 2.45) is 0 Å². The number of rotatable bonds is 8. The van der Waals surface area contributed by atoms with E-state index in [4.69, 9.17) is 0 Å². The minimum Gasteiger partial charge on any atom is -0.409 e. The van der Waals surface area contributed by atoms with Crippen molar-refractivity contribution in [3.63, 3.8) is 0 Å². The quantitative estimate of drug-likeness (QED) is 0.0789. The molecule has 0 aromatic heterocycles. The first-order chi connectivity index (χ1) is 17.8. The van der Waals surface area contributed by atoms with Crippen LogP contribution in [0, 0.1) is 0 Å². The van der Waals surface area contributed by atoms with Gasteiger partial charge in [0.25, 0.3) is 0 Å². The summed E-state index contributed by atoms with van der Waals surface area (Å²) in [5, 5.41) is 26.0. The molecule has 4 nitrogen and oxygen atoms in total. The molecule has 0 saturated heterocycles. The monoisotopic (exact) mass is 472 g/mol. The molecule has 7 rings (SSSR count). The summed E-state index contributed by atoms with van der Waals surface area (Å²) in [6, 6.07) is 18.6. The van der Waals surface area contributed by atoms with E-state index in [-0.39, 0.29) is 0 Å². The highest BCUT2D eigenvalue weighted by molar-refractivity contribution is 6.69. The molecule has 0 saturated carbocycles. The van der Waals surface area contributed by atoms with Crippen LogP contribution in [0.4, 0.5) is 22.7 Å². The topological polar surface area (TPSA) is 48.1 Å². The summed E-state index contributed by atoms with van der Waals surface area (Å²) in [5.41, 5.74) is 5.05. The van der Waals surface area contributed by atoms with Crippen molar-refractivity contribution in [3.8, 4) is 0 Å². The van der Waals surface area contributed by atoms with Gasteiger partial charge < -0.3 is 20.9 Å². The normalized spacial score (nSPS) is 14.4. The maximum absolute atomic E-state index is 3.80. The highest BCUT2D eigenvalue weighted by Crippen LogP contribution is 2.49. The van der Waals surface area contributed by atoms with E-state index in [0.717, 1.165) is 12.6 Å². The predicted octanol–water partition coefficient (Wildman–Crippen LogP) is 8.77. The van der Waals surface area contributed by atoms with Crippen molar-refractivity contribution in [3.05, 3.63) is 48.5 Å². The molecule has 180 valence electrons. The second-order valence-corrected chi connectivity index (χ2v) is 10.8. The molecule has 0 radical (unpaired) electrons. The molecule has 2 heterocycles. The molecular formula is C30H34B2N4. The van der Waals surface area contributed by atoms with E-state index in [0.29, 0.717) is 14.0 Å². The lowest BCUT2D eigenvalue weighted by Crippen LogP contribution is -2.37. The number of hydrogen-bond donors (Lipinski definition) is 4. The third-order valence-corrected chi connectivity index (χ3v) is 8.41. The molecule has 0 atom stereocenters. The van der Waals surface area contributed by atoms with Crippen molar-refractivity contribution in [2.75, 3.05) is 20.9 Å². The zero-order valence-corrected chi connectivity index (χ0v) is 21.4. The Morgan fingerprint density at radius 3 is 1.08 bits per heavy atom. The molecule has 5 aromatic rings. The Morgan fingerprint density at radius 1 is 0.444 bits per heavy atom. The van der Waals surface area contributed by atoms with Gasteiger partial charge in [-0.3, -0.25) is 0 Å². The van der Waals surface area contributed by atoms with Crippen LogP contribution >= 0.6 is 0 Å². The number of anilines is 4. The Kier molecular flexibility index (Phi) is 5.30. The van der Waals surface area contributed by atoms with Gasteiger partial charge in [0.15, 0.2) is 0 Å². The summed E-state index contributed by atoms with van der Waals surface area (Å²) < 4.78 is 0. The van der Waals surface area contributed by atoms with Crippen molar-refractivity contribution < 1.29 is 0 Å².